The predicted molar refractivity (Wildman–Crippen MR) is 105 cm³/mol. The smallest absolute Gasteiger partial charge is 0.308 e. The van der Waals surface area contributed by atoms with E-state index in [2.05, 4.69) is 15.6 Å². The number of nitrogens with zero attached hydrogens (tertiary/aromatic N) is 2. The van der Waals surface area contributed by atoms with E-state index in [-0.39, 0.29) is 0 Å². The fourth-order valence-corrected chi connectivity index (χ4v) is 2.88. The van der Waals surface area contributed by atoms with Crippen molar-refractivity contribution in [2.75, 3.05) is 10.6 Å². The number of aromatic nitrogens is 2. The molecule has 134 valence electrons. The lowest BCUT2D eigenvalue weighted by molar-refractivity contribution is 0.262. The Balaban J connectivity index is 1.96. The van der Waals surface area contributed by atoms with Gasteiger partial charge in [0.05, 0.1) is 15.6 Å². The Hall–Kier alpha value is -2.57. The number of hydrogen-bond acceptors (Lipinski definition) is 3. The molecule has 0 saturated carbocycles. The number of nitrogens with one attached hydrogen (secondary N) is 2. The first-order chi connectivity index (χ1) is 12.5. The molecular formula is C18H16Cl2N4O2. The van der Waals surface area contributed by atoms with Crippen LogP contribution in [0.5, 0.6) is 0 Å². The number of rotatable bonds is 4. The minimum absolute atomic E-state index is 0.335. The highest BCUT2D eigenvalue weighted by atomic mass is 35.5. The highest BCUT2D eigenvalue weighted by Crippen LogP contribution is 2.25. The van der Waals surface area contributed by atoms with Gasteiger partial charge in [-0.1, -0.05) is 42.3 Å². The lowest BCUT2D eigenvalue weighted by atomic mass is 10.2. The molecule has 1 aromatic heterocycles. The highest BCUT2D eigenvalue weighted by molar-refractivity contribution is 6.42. The van der Waals surface area contributed by atoms with Crippen LogP contribution in [0.1, 0.15) is 13.3 Å². The van der Waals surface area contributed by atoms with E-state index >= 15 is 0 Å². The molecule has 3 aromatic rings. The molecule has 2 aromatic carbocycles. The van der Waals surface area contributed by atoms with Gasteiger partial charge < -0.3 is 5.32 Å². The molecule has 8 heteroatoms. The summed E-state index contributed by atoms with van der Waals surface area (Å²) in [5.74, 6) is 0.403. The fraction of sp³-hybridized carbons (Fsp3) is 0.167. The summed E-state index contributed by atoms with van der Waals surface area (Å²) in [5.41, 5.74) is 0.602. The molecule has 2 amide bonds. The monoisotopic (exact) mass is 390 g/mol. The van der Waals surface area contributed by atoms with Gasteiger partial charge in [0, 0.05) is 17.6 Å². The lowest BCUT2D eigenvalue weighted by Gasteiger charge is -2.15. The minimum Gasteiger partial charge on any atom is -0.308 e. The van der Waals surface area contributed by atoms with Gasteiger partial charge in [-0.3, -0.25) is 9.88 Å². The van der Waals surface area contributed by atoms with Gasteiger partial charge in [0.25, 0.3) is 0 Å². The Bertz CT molecular complexity index is 1030. The molecule has 0 aliphatic heterocycles. The molecule has 2 N–H and O–H groups in total. The van der Waals surface area contributed by atoms with Gasteiger partial charge in [0.1, 0.15) is 5.82 Å². The SMILES string of the molecule is CCCn1c(NC(=O)Nc2ccc(Cl)c(Cl)c2)c2ccccc2nc1=O. The molecule has 3 rings (SSSR count). The molecule has 0 fully saturated rings. The number of carbonyl (C=O) groups is 1. The van der Waals surface area contributed by atoms with E-state index in [0.29, 0.717) is 39.0 Å². The van der Waals surface area contributed by atoms with Gasteiger partial charge in [0.15, 0.2) is 0 Å². The van der Waals surface area contributed by atoms with E-state index in [9.17, 15) is 9.59 Å². The molecule has 0 aliphatic carbocycles. The lowest BCUT2D eigenvalue weighted by Crippen LogP contribution is -2.29. The van der Waals surface area contributed by atoms with Crippen LogP contribution in [0.2, 0.25) is 10.0 Å². The number of halogens is 2. The number of para-hydroxylation sites is 1. The Labute approximate surface area is 159 Å². The second-order valence-electron chi connectivity index (χ2n) is 5.62. The number of carbonyl (C=O) groups excluding carboxylic acids is 1. The minimum atomic E-state index is -0.496. The van der Waals surface area contributed by atoms with Crippen LogP contribution in [0.15, 0.2) is 47.3 Å². The van der Waals surface area contributed by atoms with Crippen LogP contribution < -0.4 is 16.3 Å². The predicted octanol–water partition coefficient (Wildman–Crippen LogP) is 4.76. The zero-order valence-corrected chi connectivity index (χ0v) is 15.4. The van der Waals surface area contributed by atoms with E-state index in [0.717, 1.165) is 6.42 Å². The number of benzene rings is 2. The van der Waals surface area contributed by atoms with E-state index in [4.69, 9.17) is 23.2 Å². The number of hydrogen-bond donors (Lipinski definition) is 2. The van der Waals surface area contributed by atoms with Crippen molar-refractivity contribution in [1.82, 2.24) is 9.55 Å². The van der Waals surface area contributed by atoms with Crippen molar-refractivity contribution in [3.05, 3.63) is 63.0 Å². The summed E-state index contributed by atoms with van der Waals surface area (Å²) in [6, 6.07) is 11.4. The largest absolute Gasteiger partial charge is 0.349 e. The summed E-state index contributed by atoms with van der Waals surface area (Å²) < 4.78 is 1.46. The molecule has 0 atom stereocenters. The van der Waals surface area contributed by atoms with Crippen LogP contribution in [0, 0.1) is 0 Å². The molecule has 6 nitrogen and oxygen atoms in total. The van der Waals surface area contributed by atoms with E-state index in [1.54, 1.807) is 30.3 Å². The summed E-state index contributed by atoms with van der Waals surface area (Å²) in [6.07, 6.45) is 0.725. The van der Waals surface area contributed by atoms with Gasteiger partial charge in [0.2, 0.25) is 0 Å². The van der Waals surface area contributed by atoms with E-state index in [1.165, 1.54) is 4.57 Å². The zero-order valence-electron chi connectivity index (χ0n) is 13.9. The molecular weight excluding hydrogens is 375 g/mol. The molecule has 26 heavy (non-hydrogen) atoms. The summed E-state index contributed by atoms with van der Waals surface area (Å²) in [4.78, 5) is 28.8. The molecule has 0 saturated heterocycles. The van der Waals surface area contributed by atoms with Crippen molar-refractivity contribution < 1.29 is 4.79 Å². The van der Waals surface area contributed by atoms with Gasteiger partial charge in [-0.15, -0.1) is 0 Å². The van der Waals surface area contributed by atoms with Crippen molar-refractivity contribution in [2.45, 2.75) is 19.9 Å². The van der Waals surface area contributed by atoms with Crippen LogP contribution in [0.4, 0.5) is 16.3 Å². The first-order valence-corrected chi connectivity index (χ1v) is 8.78. The van der Waals surface area contributed by atoms with Crippen molar-refractivity contribution >= 4 is 51.6 Å². The summed E-state index contributed by atoms with van der Waals surface area (Å²) >= 11 is 11.8. The van der Waals surface area contributed by atoms with Crippen LogP contribution in [-0.2, 0) is 6.54 Å². The normalized spacial score (nSPS) is 10.7. The van der Waals surface area contributed by atoms with Crippen LogP contribution in [-0.4, -0.2) is 15.6 Å². The molecule has 0 unspecified atom stereocenters. The fourth-order valence-electron chi connectivity index (χ4n) is 2.59. The third kappa shape index (κ3) is 3.81. The van der Waals surface area contributed by atoms with Crippen molar-refractivity contribution in [1.29, 1.82) is 0 Å². The zero-order chi connectivity index (χ0) is 18.7. The van der Waals surface area contributed by atoms with Gasteiger partial charge in [-0.2, -0.15) is 4.98 Å². The molecule has 0 radical (unpaired) electrons. The number of fused-ring (bicyclic) bond motifs is 1. The quantitative estimate of drug-likeness (QED) is 0.674. The second-order valence-corrected chi connectivity index (χ2v) is 6.43. The summed E-state index contributed by atoms with van der Waals surface area (Å²) in [6.45, 7) is 2.39. The van der Waals surface area contributed by atoms with Gasteiger partial charge in [-0.05, 0) is 36.8 Å². The first-order valence-electron chi connectivity index (χ1n) is 8.02. The topological polar surface area (TPSA) is 76.0 Å². The number of urea groups is 1. The van der Waals surface area contributed by atoms with Gasteiger partial charge in [-0.25, -0.2) is 9.59 Å². The van der Waals surface area contributed by atoms with E-state index < -0.39 is 11.7 Å². The summed E-state index contributed by atoms with van der Waals surface area (Å²) in [7, 11) is 0. The highest BCUT2D eigenvalue weighted by Gasteiger charge is 2.14. The standard InChI is InChI=1S/C18H16Cl2N4O2/c1-2-9-24-16(12-5-3-4-6-15(12)22-18(24)26)23-17(25)21-11-7-8-13(19)14(20)10-11/h3-8,10H,2,9H2,1H3,(H2,21,23,25). The Kier molecular flexibility index (Phi) is 5.44. The van der Waals surface area contributed by atoms with Crippen LogP contribution in [0.3, 0.4) is 0 Å². The third-order valence-electron chi connectivity index (χ3n) is 3.73. The average molecular weight is 391 g/mol. The maximum Gasteiger partial charge on any atom is 0.349 e. The maximum absolute atomic E-state index is 12.5. The van der Waals surface area contributed by atoms with Crippen molar-refractivity contribution in [3.63, 3.8) is 0 Å². The summed E-state index contributed by atoms with van der Waals surface area (Å²) in [5, 5.41) is 6.86. The Morgan fingerprint density at radius 1 is 1.12 bits per heavy atom. The van der Waals surface area contributed by atoms with Crippen molar-refractivity contribution in [3.8, 4) is 0 Å². The Morgan fingerprint density at radius 2 is 1.88 bits per heavy atom. The average Bonchev–Trinajstić information content (AvgIpc) is 2.61. The molecule has 0 aliphatic rings. The maximum atomic E-state index is 12.5. The van der Waals surface area contributed by atoms with Gasteiger partial charge >= 0.3 is 11.7 Å². The Morgan fingerprint density at radius 3 is 2.62 bits per heavy atom. The van der Waals surface area contributed by atoms with Crippen LogP contribution >= 0.6 is 23.2 Å². The molecule has 0 bridgehead atoms. The second kappa shape index (κ2) is 7.76. The van der Waals surface area contributed by atoms with Crippen LogP contribution in [0.25, 0.3) is 10.9 Å². The molecule has 0 spiro atoms. The number of anilines is 2. The van der Waals surface area contributed by atoms with Crippen molar-refractivity contribution in [2.24, 2.45) is 0 Å². The molecule has 1 heterocycles. The van der Waals surface area contributed by atoms with E-state index in [1.807, 2.05) is 19.1 Å². The first kappa shape index (κ1) is 18.2. The number of amides is 2. The third-order valence-corrected chi connectivity index (χ3v) is 4.47.